The van der Waals surface area contributed by atoms with Gasteiger partial charge in [-0.1, -0.05) is 162 Å². The van der Waals surface area contributed by atoms with Gasteiger partial charge in [0.1, 0.15) is 0 Å². The summed E-state index contributed by atoms with van der Waals surface area (Å²) in [5.41, 5.74) is 7.80. The fraction of sp³-hybridized carbons (Fsp3) is 0.550. The van der Waals surface area contributed by atoms with Crippen molar-refractivity contribution in [2.45, 2.75) is 133 Å². The highest BCUT2D eigenvalue weighted by Gasteiger charge is 2.24. The summed E-state index contributed by atoms with van der Waals surface area (Å²) in [6.45, 7) is 25.7. The molecule has 0 heteroatoms. The molecule has 0 nitrogen and oxygen atoms in total. The van der Waals surface area contributed by atoms with Gasteiger partial charge in [0, 0.05) is 0 Å². The van der Waals surface area contributed by atoms with Crippen molar-refractivity contribution in [2.75, 3.05) is 0 Å². The molecule has 3 aromatic carbocycles. The zero-order chi connectivity index (χ0) is 30.5. The molecule has 0 N–H and O–H groups in total. The second-order valence-electron chi connectivity index (χ2n) is 11.1. The fourth-order valence-corrected chi connectivity index (χ4v) is 5.60. The van der Waals surface area contributed by atoms with E-state index in [1.54, 1.807) is 22.3 Å². The summed E-state index contributed by atoms with van der Waals surface area (Å²) in [6.07, 6.45) is 6.70. The maximum atomic E-state index is 2.34. The summed E-state index contributed by atoms with van der Waals surface area (Å²) < 4.78 is 0. The molecule has 0 aliphatic heterocycles. The number of fused-ring (bicyclic) bond motifs is 2. The molecule has 2 aliphatic rings. The van der Waals surface area contributed by atoms with Gasteiger partial charge in [0.15, 0.2) is 0 Å². The monoisotopic (exact) mass is 545 g/mol. The number of hydrogen-bond donors (Lipinski definition) is 0. The van der Waals surface area contributed by atoms with Crippen LogP contribution in [0.3, 0.4) is 0 Å². The van der Waals surface area contributed by atoms with Crippen LogP contribution < -0.4 is 0 Å². The van der Waals surface area contributed by atoms with Crippen LogP contribution in [0.2, 0.25) is 0 Å². The summed E-state index contributed by atoms with van der Waals surface area (Å²) in [7, 11) is 0. The van der Waals surface area contributed by atoms with Crippen LogP contribution in [0.15, 0.2) is 78.9 Å². The van der Waals surface area contributed by atoms with Crippen LogP contribution in [0.5, 0.6) is 0 Å². The van der Waals surface area contributed by atoms with Crippen LogP contribution in [0, 0.1) is 11.8 Å². The molecular formula is C40H64. The molecule has 0 bridgehead atoms. The molecule has 5 rings (SSSR count). The summed E-state index contributed by atoms with van der Waals surface area (Å²) in [4.78, 5) is 0. The molecule has 2 atom stereocenters. The molecule has 2 aliphatic carbocycles. The lowest BCUT2D eigenvalue weighted by Crippen LogP contribution is -2.14. The average Bonchev–Trinajstić information content (AvgIpc) is 3.46. The van der Waals surface area contributed by atoms with E-state index < -0.39 is 0 Å². The Kier molecular flexibility index (Phi) is 21.1. The molecule has 0 aromatic heterocycles. The van der Waals surface area contributed by atoms with Gasteiger partial charge in [-0.2, -0.15) is 0 Å². The number of aryl methyl sites for hydroxylation is 2. The first-order chi connectivity index (χ1) is 19.4. The standard InChI is InChI=1S/C13H18.C12H16.C9H12.3C2H6/c1-10(2)12-9-5-7-11-6-3-4-8-13(11)12;1-9(2)11-8-7-10-5-3-4-6-12(10)11;1-8(2)9-6-4-3-5-7-9;3*1-2/h3-4,6,8,10,12H,5,7,9H2,1-2H3;3-6,9,11H,7-8H2,1-2H3;3-8H,1-2H3;3*1-2H3. The third-order valence-electron chi connectivity index (χ3n) is 7.67. The normalized spacial score (nSPS) is 16.2. The first-order valence-corrected chi connectivity index (χ1v) is 16.6. The highest BCUT2D eigenvalue weighted by Crippen LogP contribution is 2.38. The highest BCUT2D eigenvalue weighted by molar-refractivity contribution is 5.35. The molecule has 40 heavy (non-hydrogen) atoms. The van der Waals surface area contributed by atoms with Gasteiger partial charge in [-0.15, -0.1) is 0 Å². The van der Waals surface area contributed by atoms with Crippen molar-refractivity contribution < 1.29 is 0 Å². The van der Waals surface area contributed by atoms with Gasteiger partial charge in [-0.3, -0.25) is 0 Å². The fourth-order valence-electron chi connectivity index (χ4n) is 5.60. The van der Waals surface area contributed by atoms with E-state index in [-0.39, 0.29) is 0 Å². The van der Waals surface area contributed by atoms with Gasteiger partial charge < -0.3 is 0 Å². The van der Waals surface area contributed by atoms with E-state index in [1.165, 1.54) is 37.7 Å². The molecular weight excluding hydrogens is 480 g/mol. The van der Waals surface area contributed by atoms with Gasteiger partial charge in [-0.25, -0.2) is 0 Å². The van der Waals surface area contributed by atoms with Gasteiger partial charge in [-0.05, 0) is 89.5 Å². The maximum Gasteiger partial charge on any atom is -0.0133 e. The quantitative estimate of drug-likeness (QED) is 0.307. The van der Waals surface area contributed by atoms with Crippen molar-refractivity contribution in [1.82, 2.24) is 0 Å². The lowest BCUT2D eigenvalue weighted by Gasteiger charge is -2.28. The number of hydrogen-bond acceptors (Lipinski definition) is 0. The third kappa shape index (κ3) is 12.4. The predicted octanol–water partition coefficient (Wildman–Crippen LogP) is 13.0. The zero-order valence-corrected chi connectivity index (χ0v) is 28.4. The van der Waals surface area contributed by atoms with Crippen molar-refractivity contribution >= 4 is 0 Å². The maximum absolute atomic E-state index is 2.34. The third-order valence-corrected chi connectivity index (χ3v) is 7.67. The second kappa shape index (κ2) is 22.4. The molecule has 0 saturated carbocycles. The minimum absolute atomic E-state index is 0.659. The predicted molar refractivity (Wildman–Crippen MR) is 184 cm³/mol. The average molecular weight is 545 g/mol. The van der Waals surface area contributed by atoms with Crippen LogP contribution >= 0.6 is 0 Å². The molecule has 224 valence electrons. The first-order valence-electron chi connectivity index (χ1n) is 16.6. The Labute approximate surface area is 251 Å². The topological polar surface area (TPSA) is 0 Å². The van der Waals surface area contributed by atoms with Crippen LogP contribution in [0.4, 0.5) is 0 Å². The highest BCUT2D eigenvalue weighted by atomic mass is 14.3. The van der Waals surface area contributed by atoms with E-state index in [4.69, 9.17) is 0 Å². The van der Waals surface area contributed by atoms with Crippen molar-refractivity contribution in [3.8, 4) is 0 Å². The van der Waals surface area contributed by atoms with E-state index in [1.807, 2.05) is 47.6 Å². The Morgan fingerprint density at radius 3 is 1.30 bits per heavy atom. The molecule has 0 fully saturated rings. The van der Waals surface area contributed by atoms with Gasteiger partial charge in [0.25, 0.3) is 0 Å². The minimum atomic E-state index is 0.659. The zero-order valence-electron chi connectivity index (χ0n) is 28.4. The Bertz CT molecular complexity index is 980. The van der Waals surface area contributed by atoms with E-state index in [2.05, 4.69) is 114 Å². The molecule has 0 radical (unpaired) electrons. The summed E-state index contributed by atoms with van der Waals surface area (Å²) in [5, 5.41) is 0. The smallest absolute Gasteiger partial charge is 0.0133 e. The molecule has 3 aromatic rings. The van der Waals surface area contributed by atoms with Crippen LogP contribution in [-0.2, 0) is 12.8 Å². The van der Waals surface area contributed by atoms with E-state index >= 15 is 0 Å². The Morgan fingerprint density at radius 2 is 0.875 bits per heavy atom. The molecule has 0 amide bonds. The lowest BCUT2D eigenvalue weighted by molar-refractivity contribution is 0.433. The van der Waals surface area contributed by atoms with Gasteiger partial charge >= 0.3 is 0 Å². The first kappa shape index (κ1) is 37.7. The second-order valence-corrected chi connectivity index (χ2v) is 11.1. The van der Waals surface area contributed by atoms with E-state index in [0.29, 0.717) is 5.92 Å². The van der Waals surface area contributed by atoms with Gasteiger partial charge in [0.05, 0.1) is 0 Å². The summed E-state index contributed by atoms with van der Waals surface area (Å²) >= 11 is 0. The van der Waals surface area contributed by atoms with Crippen molar-refractivity contribution in [3.05, 3.63) is 107 Å². The molecule has 0 heterocycles. The Morgan fingerprint density at radius 1 is 0.475 bits per heavy atom. The van der Waals surface area contributed by atoms with Crippen molar-refractivity contribution in [2.24, 2.45) is 11.8 Å². The van der Waals surface area contributed by atoms with Crippen LogP contribution in [-0.4, -0.2) is 0 Å². The van der Waals surface area contributed by atoms with Crippen LogP contribution in [0.25, 0.3) is 0 Å². The minimum Gasteiger partial charge on any atom is -0.0683 e. The number of benzene rings is 3. The molecule has 2 unspecified atom stereocenters. The Balaban J connectivity index is 0.000000527. The van der Waals surface area contributed by atoms with Gasteiger partial charge in [0.2, 0.25) is 0 Å². The van der Waals surface area contributed by atoms with E-state index in [0.717, 1.165) is 23.7 Å². The largest absolute Gasteiger partial charge is 0.0683 e. The van der Waals surface area contributed by atoms with Crippen molar-refractivity contribution in [3.63, 3.8) is 0 Å². The van der Waals surface area contributed by atoms with Crippen LogP contribution in [0.1, 0.15) is 148 Å². The number of rotatable bonds is 3. The summed E-state index contributed by atoms with van der Waals surface area (Å²) in [5.74, 6) is 3.88. The summed E-state index contributed by atoms with van der Waals surface area (Å²) in [6, 6.07) is 28.4. The molecule has 0 spiro atoms. The SMILES string of the molecule is CC.CC.CC.CC(C)C1CCCc2ccccc21.CC(C)C1CCc2ccccc21.CC(C)c1ccccc1. The van der Waals surface area contributed by atoms with Crippen molar-refractivity contribution in [1.29, 1.82) is 0 Å². The molecule has 0 saturated heterocycles. The Hall–Kier alpha value is -2.34. The van der Waals surface area contributed by atoms with E-state index in [9.17, 15) is 0 Å². The lowest BCUT2D eigenvalue weighted by atomic mass is 9.77.